The lowest BCUT2D eigenvalue weighted by molar-refractivity contribution is 0.0793. The number of nitrogens with one attached hydrogen (secondary N) is 2. The molecule has 3 rings (SSSR count). The Morgan fingerprint density at radius 2 is 1.83 bits per heavy atom. The van der Waals surface area contributed by atoms with Crippen molar-refractivity contribution in [3.63, 3.8) is 0 Å². The second-order valence-electron chi connectivity index (χ2n) is 6.12. The predicted molar refractivity (Wildman–Crippen MR) is 98.8 cm³/mol. The molecule has 0 aliphatic carbocycles. The van der Waals surface area contributed by atoms with Crippen molar-refractivity contribution in [2.45, 2.75) is 38.3 Å². The number of halogens is 2. The number of hydrogen-bond donors (Lipinski definition) is 2. The lowest BCUT2D eigenvalue weighted by atomic mass is 10.1. The third kappa shape index (κ3) is 5.64. The maximum absolute atomic E-state index is 12.3. The average molecular weight is 360 g/mol. The lowest BCUT2D eigenvalue weighted by Gasteiger charge is -2.24. The summed E-state index contributed by atoms with van der Waals surface area (Å²) in [6.45, 7) is 4.91. The molecule has 130 valence electrons. The Morgan fingerprint density at radius 3 is 2.43 bits per heavy atom. The summed E-state index contributed by atoms with van der Waals surface area (Å²) in [5.41, 5.74) is 2.07. The van der Waals surface area contributed by atoms with Crippen LogP contribution in [0.1, 0.15) is 41.6 Å². The summed E-state index contributed by atoms with van der Waals surface area (Å²) >= 11 is 0. The van der Waals surface area contributed by atoms with E-state index in [1.807, 2.05) is 17.0 Å². The molecule has 6 heteroatoms. The van der Waals surface area contributed by atoms with Crippen LogP contribution in [-0.2, 0) is 6.54 Å². The van der Waals surface area contributed by atoms with Crippen LogP contribution >= 0.6 is 24.8 Å². The number of benzene rings is 1. The van der Waals surface area contributed by atoms with Gasteiger partial charge in [0.25, 0.3) is 5.91 Å². The molecule has 1 atom stereocenters. The molecule has 2 saturated heterocycles. The van der Waals surface area contributed by atoms with Crippen molar-refractivity contribution in [2.75, 3.05) is 26.2 Å². The summed E-state index contributed by atoms with van der Waals surface area (Å²) in [6, 6.07) is 8.66. The molecule has 2 heterocycles. The fraction of sp³-hybridized carbons (Fsp3) is 0.588. The first-order chi connectivity index (χ1) is 10.3. The van der Waals surface area contributed by atoms with Crippen molar-refractivity contribution < 1.29 is 4.79 Å². The van der Waals surface area contributed by atoms with Gasteiger partial charge in [0.2, 0.25) is 0 Å². The van der Waals surface area contributed by atoms with Crippen LogP contribution in [0.5, 0.6) is 0 Å². The van der Waals surface area contributed by atoms with Gasteiger partial charge in [-0.1, -0.05) is 12.1 Å². The summed E-state index contributed by atoms with van der Waals surface area (Å²) in [4.78, 5) is 14.2. The molecule has 23 heavy (non-hydrogen) atoms. The van der Waals surface area contributed by atoms with E-state index in [0.29, 0.717) is 6.04 Å². The highest BCUT2D eigenvalue weighted by molar-refractivity contribution is 5.94. The van der Waals surface area contributed by atoms with Gasteiger partial charge in [0, 0.05) is 37.8 Å². The molecule has 0 bridgehead atoms. The van der Waals surface area contributed by atoms with Crippen LogP contribution in [0.15, 0.2) is 24.3 Å². The number of carbonyl (C=O) groups excluding carboxylic acids is 1. The Balaban J connectivity index is 0.00000132. The normalized spacial score (nSPS) is 20.5. The fourth-order valence-corrected chi connectivity index (χ4v) is 3.16. The second-order valence-corrected chi connectivity index (χ2v) is 6.12. The Morgan fingerprint density at radius 1 is 1.13 bits per heavy atom. The minimum atomic E-state index is 0. The zero-order valence-corrected chi connectivity index (χ0v) is 15.1. The van der Waals surface area contributed by atoms with Gasteiger partial charge < -0.3 is 15.5 Å². The SMILES string of the molecule is Cl.Cl.O=C(c1ccc(CNC2CCCNC2)cc1)N1CCCC1. The van der Waals surface area contributed by atoms with Gasteiger partial charge in [0.15, 0.2) is 0 Å². The molecule has 4 nitrogen and oxygen atoms in total. The highest BCUT2D eigenvalue weighted by atomic mass is 35.5. The zero-order valence-electron chi connectivity index (χ0n) is 13.4. The van der Waals surface area contributed by atoms with Crippen LogP contribution in [0.25, 0.3) is 0 Å². The monoisotopic (exact) mass is 359 g/mol. The van der Waals surface area contributed by atoms with Gasteiger partial charge in [-0.05, 0) is 49.9 Å². The quantitative estimate of drug-likeness (QED) is 0.868. The molecule has 2 fully saturated rings. The first-order valence-electron chi connectivity index (χ1n) is 8.15. The molecule has 0 radical (unpaired) electrons. The fourth-order valence-electron chi connectivity index (χ4n) is 3.16. The topological polar surface area (TPSA) is 44.4 Å². The third-order valence-corrected chi connectivity index (χ3v) is 4.49. The number of likely N-dealkylation sites (tertiary alicyclic amines) is 1. The molecule has 1 aromatic carbocycles. The molecule has 1 unspecified atom stereocenters. The number of carbonyl (C=O) groups is 1. The van der Waals surface area contributed by atoms with E-state index >= 15 is 0 Å². The first kappa shape index (κ1) is 20.2. The Hall–Kier alpha value is -0.810. The van der Waals surface area contributed by atoms with E-state index in [0.717, 1.165) is 51.1 Å². The van der Waals surface area contributed by atoms with E-state index in [1.165, 1.54) is 18.4 Å². The molecular formula is C17H27Cl2N3O. The lowest BCUT2D eigenvalue weighted by Crippen LogP contribution is -2.42. The number of amides is 1. The number of rotatable bonds is 4. The summed E-state index contributed by atoms with van der Waals surface area (Å²) in [5.74, 6) is 0.184. The van der Waals surface area contributed by atoms with Crippen molar-refractivity contribution >= 4 is 30.7 Å². The van der Waals surface area contributed by atoms with Crippen LogP contribution in [0, 0.1) is 0 Å². The van der Waals surface area contributed by atoms with Crippen molar-refractivity contribution in [1.82, 2.24) is 15.5 Å². The minimum absolute atomic E-state index is 0. The van der Waals surface area contributed by atoms with Crippen LogP contribution in [-0.4, -0.2) is 43.0 Å². The predicted octanol–water partition coefficient (Wildman–Crippen LogP) is 2.61. The van der Waals surface area contributed by atoms with Crippen molar-refractivity contribution in [2.24, 2.45) is 0 Å². The summed E-state index contributed by atoms with van der Waals surface area (Å²) in [6.07, 6.45) is 4.78. The maximum Gasteiger partial charge on any atom is 0.253 e. The number of hydrogen-bond acceptors (Lipinski definition) is 3. The summed E-state index contributed by atoms with van der Waals surface area (Å²) in [5, 5.41) is 7.00. The standard InChI is InChI=1S/C17H25N3O.2ClH/c21-17(20-10-1-2-11-20)15-7-5-14(6-8-15)12-19-16-4-3-9-18-13-16;;/h5-8,16,18-19H,1-4,9-13H2;2*1H. The molecule has 0 spiro atoms. The van der Waals surface area contributed by atoms with Gasteiger partial charge in [0.05, 0.1) is 0 Å². The number of piperidine rings is 1. The van der Waals surface area contributed by atoms with E-state index in [4.69, 9.17) is 0 Å². The van der Waals surface area contributed by atoms with Gasteiger partial charge >= 0.3 is 0 Å². The zero-order chi connectivity index (χ0) is 14.5. The van der Waals surface area contributed by atoms with E-state index in [-0.39, 0.29) is 30.7 Å². The summed E-state index contributed by atoms with van der Waals surface area (Å²) < 4.78 is 0. The first-order valence-corrected chi connectivity index (χ1v) is 8.15. The largest absolute Gasteiger partial charge is 0.339 e. The maximum atomic E-state index is 12.3. The van der Waals surface area contributed by atoms with Gasteiger partial charge in [-0.3, -0.25) is 4.79 Å². The minimum Gasteiger partial charge on any atom is -0.339 e. The van der Waals surface area contributed by atoms with Crippen molar-refractivity contribution in [3.8, 4) is 0 Å². The van der Waals surface area contributed by atoms with E-state index in [9.17, 15) is 4.79 Å². The van der Waals surface area contributed by atoms with E-state index in [2.05, 4.69) is 22.8 Å². The molecule has 2 N–H and O–H groups in total. The van der Waals surface area contributed by atoms with Gasteiger partial charge in [0.1, 0.15) is 0 Å². The van der Waals surface area contributed by atoms with Crippen LogP contribution < -0.4 is 10.6 Å². The Bertz CT molecular complexity index is 469. The van der Waals surface area contributed by atoms with Gasteiger partial charge in [-0.2, -0.15) is 0 Å². The van der Waals surface area contributed by atoms with Gasteiger partial charge in [-0.25, -0.2) is 0 Å². The third-order valence-electron chi connectivity index (χ3n) is 4.49. The Labute approximate surface area is 151 Å². The second kappa shape index (κ2) is 10.1. The Kier molecular flexibility index (Phi) is 8.92. The molecule has 0 aromatic heterocycles. The molecule has 1 amide bonds. The molecule has 2 aliphatic heterocycles. The summed E-state index contributed by atoms with van der Waals surface area (Å²) in [7, 11) is 0. The highest BCUT2D eigenvalue weighted by Crippen LogP contribution is 2.14. The van der Waals surface area contributed by atoms with Crippen molar-refractivity contribution in [1.29, 1.82) is 0 Å². The average Bonchev–Trinajstić information content (AvgIpc) is 3.08. The van der Waals surface area contributed by atoms with Crippen LogP contribution in [0.4, 0.5) is 0 Å². The molecule has 0 saturated carbocycles. The smallest absolute Gasteiger partial charge is 0.253 e. The molecular weight excluding hydrogens is 333 g/mol. The van der Waals surface area contributed by atoms with E-state index < -0.39 is 0 Å². The van der Waals surface area contributed by atoms with Crippen LogP contribution in [0.2, 0.25) is 0 Å². The van der Waals surface area contributed by atoms with Gasteiger partial charge in [-0.15, -0.1) is 24.8 Å². The highest BCUT2D eigenvalue weighted by Gasteiger charge is 2.19. The van der Waals surface area contributed by atoms with E-state index in [1.54, 1.807) is 0 Å². The van der Waals surface area contributed by atoms with Crippen LogP contribution in [0.3, 0.4) is 0 Å². The number of nitrogens with zero attached hydrogens (tertiary/aromatic N) is 1. The molecule has 1 aromatic rings. The molecule has 2 aliphatic rings. The van der Waals surface area contributed by atoms with Crippen molar-refractivity contribution in [3.05, 3.63) is 35.4 Å².